The van der Waals surface area contributed by atoms with Crippen molar-refractivity contribution in [3.05, 3.63) is 52.0 Å². The lowest BCUT2D eigenvalue weighted by Gasteiger charge is -2.10. The molecule has 1 aliphatic rings. The monoisotopic (exact) mass is 484 g/mol. The van der Waals surface area contributed by atoms with Crippen LogP contribution >= 0.6 is 35.3 Å². The Morgan fingerprint density at radius 2 is 2.04 bits per heavy atom. The molecule has 4 nitrogen and oxygen atoms in total. The van der Waals surface area contributed by atoms with Gasteiger partial charge in [-0.05, 0) is 37.2 Å². The number of aromatic nitrogens is 1. The number of hydrogen-bond acceptors (Lipinski definition) is 3. The second kappa shape index (κ2) is 10.9. The van der Waals surface area contributed by atoms with Crippen molar-refractivity contribution in [1.29, 1.82) is 0 Å². The van der Waals surface area contributed by atoms with Crippen LogP contribution in [0, 0.1) is 5.92 Å². The number of halogens is 1. The van der Waals surface area contributed by atoms with E-state index in [0.717, 1.165) is 38.4 Å². The predicted molar refractivity (Wildman–Crippen MR) is 122 cm³/mol. The van der Waals surface area contributed by atoms with Crippen molar-refractivity contribution in [2.45, 2.75) is 39.0 Å². The summed E-state index contributed by atoms with van der Waals surface area (Å²) in [7, 11) is 0. The number of thiazole rings is 1. The van der Waals surface area contributed by atoms with Gasteiger partial charge >= 0.3 is 0 Å². The number of aryl methyl sites for hydroxylation is 1. The number of hydrogen-bond donors (Lipinski definition) is 2. The van der Waals surface area contributed by atoms with Gasteiger partial charge in [0.1, 0.15) is 0 Å². The summed E-state index contributed by atoms with van der Waals surface area (Å²) in [5, 5.41) is 7.99. The number of rotatable bonds is 8. The fourth-order valence-corrected chi connectivity index (χ4v) is 3.88. The minimum Gasteiger partial charge on any atom is -0.357 e. The van der Waals surface area contributed by atoms with Crippen LogP contribution in [0.3, 0.4) is 0 Å². The summed E-state index contributed by atoms with van der Waals surface area (Å²) in [5.41, 5.74) is 1.45. The van der Waals surface area contributed by atoms with Crippen molar-refractivity contribution >= 4 is 41.3 Å². The zero-order valence-corrected chi connectivity index (χ0v) is 18.7. The van der Waals surface area contributed by atoms with Crippen molar-refractivity contribution < 1.29 is 0 Å². The summed E-state index contributed by atoms with van der Waals surface area (Å²) in [6, 6.07) is 10.8. The van der Waals surface area contributed by atoms with E-state index < -0.39 is 0 Å². The third-order valence-corrected chi connectivity index (χ3v) is 5.76. The highest BCUT2D eigenvalue weighted by Crippen LogP contribution is 2.47. The Morgan fingerprint density at radius 1 is 1.23 bits per heavy atom. The molecular weight excluding hydrogens is 455 g/mol. The minimum atomic E-state index is 0. The second-order valence-electron chi connectivity index (χ2n) is 6.48. The van der Waals surface area contributed by atoms with Gasteiger partial charge < -0.3 is 10.6 Å². The smallest absolute Gasteiger partial charge is 0.191 e. The summed E-state index contributed by atoms with van der Waals surface area (Å²) < 4.78 is 0. The average molecular weight is 484 g/mol. The molecule has 0 radical (unpaired) electrons. The first-order chi connectivity index (χ1) is 12.3. The Morgan fingerprint density at radius 3 is 2.73 bits per heavy atom. The molecule has 1 heterocycles. The lowest BCUT2D eigenvalue weighted by atomic mass is 10.1. The van der Waals surface area contributed by atoms with Gasteiger partial charge in [-0.3, -0.25) is 4.99 Å². The van der Waals surface area contributed by atoms with E-state index in [1.165, 1.54) is 21.9 Å². The molecule has 0 aliphatic heterocycles. The molecule has 3 rings (SSSR count). The van der Waals surface area contributed by atoms with Gasteiger partial charge in [-0.25, -0.2) is 4.98 Å². The molecule has 0 amide bonds. The van der Waals surface area contributed by atoms with E-state index in [-0.39, 0.29) is 24.0 Å². The molecule has 2 atom stereocenters. The van der Waals surface area contributed by atoms with Crippen LogP contribution in [0.15, 0.2) is 41.5 Å². The van der Waals surface area contributed by atoms with Crippen LogP contribution < -0.4 is 10.6 Å². The summed E-state index contributed by atoms with van der Waals surface area (Å²) in [4.78, 5) is 10.6. The van der Waals surface area contributed by atoms with Crippen molar-refractivity contribution in [2.24, 2.45) is 10.9 Å². The topological polar surface area (TPSA) is 49.3 Å². The molecule has 1 aromatic heterocycles. The van der Waals surface area contributed by atoms with Gasteiger partial charge in [0.05, 0.1) is 5.01 Å². The van der Waals surface area contributed by atoms with Crippen molar-refractivity contribution in [1.82, 2.24) is 15.6 Å². The molecule has 1 fully saturated rings. The van der Waals surface area contributed by atoms with Gasteiger partial charge in [0.15, 0.2) is 5.96 Å². The highest BCUT2D eigenvalue weighted by atomic mass is 127. The SMILES string of the molecule is CCNC(=NCC1CC1c1ccccc1)NCCc1ncc(CC)s1.I. The molecule has 0 saturated heterocycles. The van der Waals surface area contributed by atoms with E-state index in [2.05, 4.69) is 59.8 Å². The van der Waals surface area contributed by atoms with E-state index in [1.54, 1.807) is 0 Å². The Bertz CT molecular complexity index is 686. The molecular formula is C20H29IN4S. The molecule has 2 unspecified atom stereocenters. The lowest BCUT2D eigenvalue weighted by molar-refractivity contribution is 0.763. The molecule has 6 heteroatoms. The fraction of sp³-hybridized carbons (Fsp3) is 0.500. The zero-order valence-electron chi connectivity index (χ0n) is 15.6. The minimum absolute atomic E-state index is 0. The number of benzene rings is 1. The van der Waals surface area contributed by atoms with Crippen LogP contribution in [0.4, 0.5) is 0 Å². The van der Waals surface area contributed by atoms with Crippen LogP contribution in [0.1, 0.15) is 41.6 Å². The molecule has 26 heavy (non-hydrogen) atoms. The predicted octanol–water partition coefficient (Wildman–Crippen LogP) is 4.22. The maximum absolute atomic E-state index is 4.78. The quantitative estimate of drug-likeness (QED) is 0.335. The third-order valence-electron chi connectivity index (χ3n) is 4.56. The molecule has 2 N–H and O–H groups in total. The highest BCUT2D eigenvalue weighted by Gasteiger charge is 2.37. The summed E-state index contributed by atoms with van der Waals surface area (Å²) in [5.74, 6) is 2.30. The number of nitrogens with one attached hydrogen (secondary N) is 2. The van der Waals surface area contributed by atoms with Crippen LogP contribution in [-0.2, 0) is 12.8 Å². The summed E-state index contributed by atoms with van der Waals surface area (Å²) >= 11 is 1.81. The van der Waals surface area contributed by atoms with Gasteiger partial charge in [-0.2, -0.15) is 0 Å². The van der Waals surface area contributed by atoms with E-state index in [4.69, 9.17) is 4.99 Å². The zero-order chi connectivity index (χ0) is 17.5. The van der Waals surface area contributed by atoms with Crippen molar-refractivity contribution in [3.8, 4) is 0 Å². The lowest BCUT2D eigenvalue weighted by Crippen LogP contribution is -2.38. The normalized spacial score (nSPS) is 18.9. The third kappa shape index (κ3) is 6.23. The molecule has 0 bridgehead atoms. The highest BCUT2D eigenvalue weighted by molar-refractivity contribution is 14.0. The van der Waals surface area contributed by atoms with Gasteiger partial charge in [0, 0.05) is 37.1 Å². The average Bonchev–Trinajstić information content (AvgIpc) is 3.29. The maximum atomic E-state index is 4.78. The Labute approximate surface area is 177 Å². The van der Waals surface area contributed by atoms with Crippen LogP contribution in [0.25, 0.3) is 0 Å². The van der Waals surface area contributed by atoms with Crippen LogP contribution in [0.2, 0.25) is 0 Å². The number of nitrogens with zero attached hydrogens (tertiary/aromatic N) is 2. The van der Waals surface area contributed by atoms with Crippen molar-refractivity contribution in [2.75, 3.05) is 19.6 Å². The molecule has 2 aromatic rings. The first kappa shape index (κ1) is 21.2. The molecule has 1 aromatic carbocycles. The fourth-order valence-electron chi connectivity index (χ4n) is 3.02. The van der Waals surface area contributed by atoms with Crippen LogP contribution in [-0.4, -0.2) is 30.6 Å². The maximum Gasteiger partial charge on any atom is 0.191 e. The molecule has 1 saturated carbocycles. The van der Waals surface area contributed by atoms with E-state index in [9.17, 15) is 0 Å². The number of aliphatic imine (C=N–C) groups is 1. The first-order valence-electron chi connectivity index (χ1n) is 9.30. The molecule has 142 valence electrons. The van der Waals surface area contributed by atoms with Crippen LogP contribution in [0.5, 0.6) is 0 Å². The standard InChI is InChI=1S/C20H28N4S.HI/c1-3-17-14-23-19(25-17)10-11-22-20(21-4-2)24-13-16-12-18(16)15-8-6-5-7-9-15;/h5-9,14,16,18H,3-4,10-13H2,1-2H3,(H2,21,22,24);1H. The Hall–Kier alpha value is -1.15. The molecule has 0 spiro atoms. The summed E-state index contributed by atoms with van der Waals surface area (Å²) in [6.07, 6.45) is 5.27. The van der Waals surface area contributed by atoms with E-state index in [0.29, 0.717) is 11.8 Å². The first-order valence-corrected chi connectivity index (χ1v) is 10.1. The van der Waals surface area contributed by atoms with E-state index in [1.807, 2.05) is 17.5 Å². The Kier molecular flexibility index (Phi) is 8.84. The summed E-state index contributed by atoms with van der Waals surface area (Å²) in [6.45, 7) is 6.93. The molecule has 1 aliphatic carbocycles. The second-order valence-corrected chi connectivity index (χ2v) is 7.68. The largest absolute Gasteiger partial charge is 0.357 e. The van der Waals surface area contributed by atoms with Gasteiger partial charge in [0.25, 0.3) is 0 Å². The Balaban J connectivity index is 0.00000243. The van der Waals surface area contributed by atoms with Gasteiger partial charge in [-0.1, -0.05) is 37.3 Å². The van der Waals surface area contributed by atoms with Crippen molar-refractivity contribution in [3.63, 3.8) is 0 Å². The van der Waals surface area contributed by atoms with Gasteiger partial charge in [0.2, 0.25) is 0 Å². The number of guanidine groups is 1. The van der Waals surface area contributed by atoms with Gasteiger partial charge in [-0.15, -0.1) is 35.3 Å². The van der Waals surface area contributed by atoms with E-state index >= 15 is 0 Å².